The molecule has 0 radical (unpaired) electrons. The lowest BCUT2D eigenvalue weighted by Gasteiger charge is -2.27. The summed E-state index contributed by atoms with van der Waals surface area (Å²) in [5, 5.41) is 0. The summed E-state index contributed by atoms with van der Waals surface area (Å²) in [7, 11) is 0. The average Bonchev–Trinajstić information content (AvgIpc) is 3.01. The molecule has 1 aromatic heterocycles. The minimum atomic E-state index is -0.180. The van der Waals surface area contributed by atoms with Gasteiger partial charge < -0.3 is 4.57 Å². The molecule has 2 aromatic rings. The lowest BCUT2D eigenvalue weighted by atomic mass is 9.89. The third-order valence-electron chi connectivity index (χ3n) is 4.41. The molecule has 2 heterocycles. The predicted octanol–water partition coefficient (Wildman–Crippen LogP) is 2.90. The summed E-state index contributed by atoms with van der Waals surface area (Å²) in [6, 6.07) is 7.02. The van der Waals surface area contributed by atoms with Crippen molar-refractivity contribution in [2.24, 2.45) is 5.41 Å². The molecule has 5 nitrogen and oxygen atoms in total. The van der Waals surface area contributed by atoms with Crippen LogP contribution < -0.4 is 0 Å². The molecule has 0 fully saturated rings. The van der Waals surface area contributed by atoms with E-state index in [1.54, 1.807) is 24.3 Å². The van der Waals surface area contributed by atoms with Crippen molar-refractivity contribution in [3.8, 4) is 0 Å². The molecule has 0 N–H and O–H groups in total. The number of carbonyl (C=O) groups is 2. The Hall–Kier alpha value is -2.43. The van der Waals surface area contributed by atoms with Gasteiger partial charge in [0.1, 0.15) is 0 Å². The van der Waals surface area contributed by atoms with Gasteiger partial charge in [-0.2, -0.15) is 0 Å². The van der Waals surface area contributed by atoms with Crippen LogP contribution in [0.5, 0.6) is 0 Å². The van der Waals surface area contributed by atoms with E-state index in [-0.39, 0.29) is 17.2 Å². The van der Waals surface area contributed by atoms with E-state index in [9.17, 15) is 9.59 Å². The number of hydrogen-bond acceptors (Lipinski definition) is 3. The van der Waals surface area contributed by atoms with E-state index in [0.29, 0.717) is 17.7 Å². The first kappa shape index (κ1) is 15.5. The first-order chi connectivity index (χ1) is 10.9. The second-order valence-electron chi connectivity index (χ2n) is 6.88. The van der Waals surface area contributed by atoms with Gasteiger partial charge in [-0.1, -0.05) is 26.0 Å². The van der Waals surface area contributed by atoms with Gasteiger partial charge in [-0.15, -0.1) is 0 Å². The van der Waals surface area contributed by atoms with Gasteiger partial charge >= 0.3 is 0 Å². The van der Waals surface area contributed by atoms with Gasteiger partial charge in [0, 0.05) is 25.0 Å². The minimum absolute atomic E-state index is 0.0409. The van der Waals surface area contributed by atoms with Crippen LogP contribution >= 0.6 is 0 Å². The number of imidazole rings is 1. The molecule has 3 rings (SSSR count). The maximum Gasteiger partial charge on any atom is 0.261 e. The van der Waals surface area contributed by atoms with E-state index in [2.05, 4.69) is 23.4 Å². The molecule has 2 amide bonds. The van der Waals surface area contributed by atoms with Crippen LogP contribution in [-0.2, 0) is 6.54 Å². The fourth-order valence-electron chi connectivity index (χ4n) is 2.95. The Kier molecular flexibility index (Phi) is 3.80. The lowest BCUT2D eigenvalue weighted by molar-refractivity contribution is 0.0632. The first-order valence-electron chi connectivity index (χ1n) is 7.81. The van der Waals surface area contributed by atoms with Crippen molar-refractivity contribution in [1.82, 2.24) is 14.5 Å². The van der Waals surface area contributed by atoms with E-state index >= 15 is 0 Å². The SMILES string of the molecule is Cc1cncn1CC(C)(C)CCN1C(=O)c2ccccc2C1=O. The Balaban J connectivity index is 1.68. The van der Waals surface area contributed by atoms with Crippen molar-refractivity contribution in [2.45, 2.75) is 33.7 Å². The summed E-state index contributed by atoms with van der Waals surface area (Å²) >= 11 is 0. The number of fused-ring (bicyclic) bond motifs is 1. The minimum Gasteiger partial charge on any atom is -0.334 e. The molecule has 120 valence electrons. The van der Waals surface area contributed by atoms with E-state index in [1.165, 1.54) is 4.90 Å². The van der Waals surface area contributed by atoms with Crippen LogP contribution in [0.3, 0.4) is 0 Å². The molecule has 0 unspecified atom stereocenters. The number of hydrogen-bond donors (Lipinski definition) is 0. The number of amides is 2. The molecule has 23 heavy (non-hydrogen) atoms. The van der Waals surface area contributed by atoms with E-state index in [4.69, 9.17) is 0 Å². The maximum absolute atomic E-state index is 12.4. The molecule has 1 aromatic carbocycles. The van der Waals surface area contributed by atoms with Crippen LogP contribution in [-0.4, -0.2) is 32.8 Å². The van der Waals surface area contributed by atoms with Crippen LogP contribution in [0, 0.1) is 12.3 Å². The van der Waals surface area contributed by atoms with E-state index < -0.39 is 0 Å². The van der Waals surface area contributed by atoms with Gasteiger partial charge in [-0.3, -0.25) is 14.5 Å². The van der Waals surface area contributed by atoms with E-state index in [0.717, 1.165) is 18.7 Å². The van der Waals surface area contributed by atoms with Gasteiger partial charge in [0.05, 0.1) is 17.5 Å². The second-order valence-corrected chi connectivity index (χ2v) is 6.88. The lowest BCUT2D eigenvalue weighted by Crippen LogP contribution is -2.34. The van der Waals surface area contributed by atoms with Crippen LogP contribution in [0.1, 0.15) is 46.7 Å². The number of nitrogens with zero attached hydrogens (tertiary/aromatic N) is 3. The van der Waals surface area contributed by atoms with Gasteiger partial charge in [0.15, 0.2) is 0 Å². The molecule has 0 saturated heterocycles. The zero-order valence-corrected chi connectivity index (χ0v) is 13.7. The fourth-order valence-corrected chi connectivity index (χ4v) is 2.95. The van der Waals surface area contributed by atoms with Crippen molar-refractivity contribution in [3.05, 3.63) is 53.6 Å². The molecular formula is C18H21N3O2. The van der Waals surface area contributed by atoms with E-state index in [1.807, 2.05) is 19.4 Å². The Labute approximate surface area is 135 Å². The molecule has 1 aliphatic heterocycles. The number of rotatable bonds is 5. The zero-order chi connectivity index (χ0) is 16.6. The third-order valence-corrected chi connectivity index (χ3v) is 4.41. The molecule has 0 atom stereocenters. The summed E-state index contributed by atoms with van der Waals surface area (Å²) in [4.78, 5) is 30.3. The Morgan fingerprint density at radius 3 is 2.22 bits per heavy atom. The molecule has 0 saturated carbocycles. The largest absolute Gasteiger partial charge is 0.334 e. The number of carbonyl (C=O) groups excluding carboxylic acids is 2. The van der Waals surface area contributed by atoms with Crippen LogP contribution in [0.15, 0.2) is 36.8 Å². The topological polar surface area (TPSA) is 55.2 Å². The van der Waals surface area contributed by atoms with Crippen molar-refractivity contribution >= 4 is 11.8 Å². The number of benzene rings is 1. The molecular weight excluding hydrogens is 290 g/mol. The Morgan fingerprint density at radius 1 is 1.09 bits per heavy atom. The average molecular weight is 311 g/mol. The van der Waals surface area contributed by atoms with Crippen molar-refractivity contribution < 1.29 is 9.59 Å². The highest BCUT2D eigenvalue weighted by Gasteiger charge is 2.35. The number of aryl methyl sites for hydroxylation is 1. The van der Waals surface area contributed by atoms with Gasteiger partial charge in [-0.05, 0) is 30.9 Å². The van der Waals surface area contributed by atoms with Gasteiger partial charge in [0.25, 0.3) is 11.8 Å². The molecule has 1 aliphatic rings. The number of imide groups is 1. The van der Waals surface area contributed by atoms with Gasteiger partial charge in [0.2, 0.25) is 0 Å². The summed E-state index contributed by atoms with van der Waals surface area (Å²) in [6.07, 6.45) is 4.40. The standard InChI is InChI=1S/C18H21N3O2/c1-13-10-19-12-20(13)11-18(2,3)8-9-21-16(22)14-6-4-5-7-15(14)17(21)23/h4-7,10,12H,8-9,11H2,1-3H3. The molecule has 0 spiro atoms. The zero-order valence-electron chi connectivity index (χ0n) is 13.7. The summed E-state index contributed by atoms with van der Waals surface area (Å²) in [5.74, 6) is -0.361. The second kappa shape index (κ2) is 5.65. The fraction of sp³-hybridized carbons (Fsp3) is 0.389. The molecule has 5 heteroatoms. The molecule has 0 bridgehead atoms. The predicted molar refractivity (Wildman–Crippen MR) is 87.2 cm³/mol. The highest BCUT2D eigenvalue weighted by atomic mass is 16.2. The van der Waals surface area contributed by atoms with Crippen LogP contribution in [0.25, 0.3) is 0 Å². The monoisotopic (exact) mass is 311 g/mol. The highest BCUT2D eigenvalue weighted by Crippen LogP contribution is 2.28. The first-order valence-corrected chi connectivity index (χ1v) is 7.81. The summed E-state index contributed by atoms with van der Waals surface area (Å²) < 4.78 is 2.10. The van der Waals surface area contributed by atoms with Crippen LogP contribution in [0.2, 0.25) is 0 Å². The van der Waals surface area contributed by atoms with Gasteiger partial charge in [-0.25, -0.2) is 4.98 Å². The smallest absolute Gasteiger partial charge is 0.261 e. The summed E-state index contributed by atoms with van der Waals surface area (Å²) in [6.45, 7) is 7.55. The van der Waals surface area contributed by atoms with Crippen molar-refractivity contribution in [2.75, 3.05) is 6.54 Å². The Bertz CT molecular complexity index is 726. The quantitative estimate of drug-likeness (QED) is 0.798. The highest BCUT2D eigenvalue weighted by molar-refractivity contribution is 6.21. The number of aromatic nitrogens is 2. The van der Waals surface area contributed by atoms with Crippen LogP contribution in [0.4, 0.5) is 0 Å². The normalized spacial score (nSPS) is 14.5. The maximum atomic E-state index is 12.4. The van der Waals surface area contributed by atoms with Crippen molar-refractivity contribution in [1.29, 1.82) is 0 Å². The summed E-state index contributed by atoms with van der Waals surface area (Å²) in [5.41, 5.74) is 2.10. The third kappa shape index (κ3) is 2.91. The molecule has 0 aliphatic carbocycles. The Morgan fingerprint density at radius 2 is 1.70 bits per heavy atom. The van der Waals surface area contributed by atoms with Crippen molar-refractivity contribution in [3.63, 3.8) is 0 Å².